The van der Waals surface area contributed by atoms with E-state index in [1.54, 1.807) is 30.3 Å². The van der Waals surface area contributed by atoms with Gasteiger partial charge in [-0.1, -0.05) is 18.2 Å². The molecule has 1 heterocycles. The van der Waals surface area contributed by atoms with Gasteiger partial charge < -0.3 is 10.1 Å². The Morgan fingerprint density at radius 1 is 1.15 bits per heavy atom. The molecule has 1 aliphatic heterocycles. The first kappa shape index (κ1) is 19.9. The standard InChI is InChI=1S/C20H25FN2O3S/c1-15-11-18(21)7-6-17(15)13-22-12-16-4-8-20(9-5-16)27(24,25)23-14-19-3-2-10-26-19/h4-9,11,19,22-23H,2-3,10,12-14H2,1H3. The normalized spacial score (nSPS) is 17.3. The van der Waals surface area contributed by atoms with E-state index in [4.69, 9.17) is 4.74 Å². The number of ether oxygens (including phenoxy) is 1. The summed E-state index contributed by atoms with van der Waals surface area (Å²) >= 11 is 0. The highest BCUT2D eigenvalue weighted by molar-refractivity contribution is 7.89. The van der Waals surface area contributed by atoms with Crippen molar-refractivity contribution in [2.24, 2.45) is 0 Å². The van der Waals surface area contributed by atoms with E-state index in [0.717, 1.165) is 29.5 Å². The first-order chi connectivity index (χ1) is 12.9. The Bertz CT molecular complexity index is 863. The van der Waals surface area contributed by atoms with Gasteiger partial charge in [0.15, 0.2) is 0 Å². The molecular weight excluding hydrogens is 367 g/mol. The molecule has 2 aromatic carbocycles. The highest BCUT2D eigenvalue weighted by Gasteiger charge is 2.20. The fourth-order valence-corrected chi connectivity index (χ4v) is 4.14. The minimum atomic E-state index is -3.52. The van der Waals surface area contributed by atoms with Crippen LogP contribution in [0.5, 0.6) is 0 Å². The molecule has 7 heteroatoms. The minimum absolute atomic E-state index is 0.0295. The largest absolute Gasteiger partial charge is 0.377 e. The zero-order chi connectivity index (χ0) is 19.3. The van der Waals surface area contributed by atoms with Crippen LogP contribution in [-0.2, 0) is 27.8 Å². The molecule has 1 fully saturated rings. The predicted octanol–water partition coefficient (Wildman–Crippen LogP) is 2.88. The lowest BCUT2D eigenvalue weighted by Gasteiger charge is -2.12. The molecule has 0 bridgehead atoms. The Balaban J connectivity index is 1.51. The van der Waals surface area contributed by atoms with Crippen molar-refractivity contribution in [3.63, 3.8) is 0 Å². The summed E-state index contributed by atoms with van der Waals surface area (Å²) in [4.78, 5) is 0.249. The van der Waals surface area contributed by atoms with Crippen LogP contribution in [-0.4, -0.2) is 27.7 Å². The van der Waals surface area contributed by atoms with Gasteiger partial charge in [0.1, 0.15) is 5.82 Å². The molecular formula is C20H25FN2O3S. The van der Waals surface area contributed by atoms with Crippen LogP contribution in [0.2, 0.25) is 0 Å². The van der Waals surface area contributed by atoms with Gasteiger partial charge in [-0.05, 0) is 60.7 Å². The smallest absolute Gasteiger partial charge is 0.240 e. The monoisotopic (exact) mass is 392 g/mol. The van der Waals surface area contributed by atoms with E-state index in [-0.39, 0.29) is 16.8 Å². The van der Waals surface area contributed by atoms with Crippen LogP contribution in [0, 0.1) is 12.7 Å². The zero-order valence-corrected chi connectivity index (χ0v) is 16.2. The van der Waals surface area contributed by atoms with E-state index in [1.165, 1.54) is 12.1 Å². The van der Waals surface area contributed by atoms with E-state index in [9.17, 15) is 12.8 Å². The second kappa shape index (κ2) is 8.93. The SMILES string of the molecule is Cc1cc(F)ccc1CNCc1ccc(S(=O)(=O)NCC2CCCO2)cc1. The van der Waals surface area contributed by atoms with Gasteiger partial charge in [-0.3, -0.25) is 0 Å². The number of rotatable bonds is 8. The molecule has 146 valence electrons. The van der Waals surface area contributed by atoms with Crippen molar-refractivity contribution in [2.75, 3.05) is 13.2 Å². The molecule has 5 nitrogen and oxygen atoms in total. The summed E-state index contributed by atoms with van der Waals surface area (Å²) in [6.45, 7) is 4.10. The molecule has 0 aromatic heterocycles. The summed E-state index contributed by atoms with van der Waals surface area (Å²) in [5.74, 6) is -0.235. The molecule has 1 saturated heterocycles. The van der Waals surface area contributed by atoms with E-state index in [0.29, 0.717) is 26.2 Å². The summed E-state index contributed by atoms with van der Waals surface area (Å²) in [6, 6.07) is 11.5. The Kier molecular flexibility index (Phi) is 6.59. The summed E-state index contributed by atoms with van der Waals surface area (Å²) in [5, 5.41) is 3.29. The Labute approximate surface area is 160 Å². The number of hydrogen-bond donors (Lipinski definition) is 2. The van der Waals surface area contributed by atoms with Crippen LogP contribution < -0.4 is 10.0 Å². The van der Waals surface area contributed by atoms with E-state index < -0.39 is 10.0 Å². The van der Waals surface area contributed by atoms with Crippen LogP contribution in [0.25, 0.3) is 0 Å². The van der Waals surface area contributed by atoms with Gasteiger partial charge in [-0.25, -0.2) is 17.5 Å². The van der Waals surface area contributed by atoms with E-state index in [2.05, 4.69) is 10.0 Å². The number of halogens is 1. The van der Waals surface area contributed by atoms with Crippen molar-refractivity contribution in [3.05, 3.63) is 65.0 Å². The number of sulfonamides is 1. The number of aryl methyl sites for hydroxylation is 1. The maximum Gasteiger partial charge on any atom is 0.240 e. The number of nitrogens with one attached hydrogen (secondary N) is 2. The van der Waals surface area contributed by atoms with Gasteiger partial charge in [0.05, 0.1) is 11.0 Å². The van der Waals surface area contributed by atoms with Gasteiger partial charge in [-0.15, -0.1) is 0 Å². The quantitative estimate of drug-likeness (QED) is 0.725. The van der Waals surface area contributed by atoms with Crippen molar-refractivity contribution in [1.82, 2.24) is 10.0 Å². The van der Waals surface area contributed by atoms with Crippen LogP contribution in [0.4, 0.5) is 4.39 Å². The zero-order valence-electron chi connectivity index (χ0n) is 15.4. The molecule has 0 radical (unpaired) electrons. The molecule has 2 aromatic rings. The number of hydrogen-bond acceptors (Lipinski definition) is 4. The van der Waals surface area contributed by atoms with Crippen LogP contribution in [0.15, 0.2) is 47.4 Å². The molecule has 0 aliphatic carbocycles. The first-order valence-corrected chi connectivity index (χ1v) is 10.6. The Morgan fingerprint density at radius 2 is 1.93 bits per heavy atom. The summed E-state index contributed by atoms with van der Waals surface area (Å²) in [5.41, 5.74) is 2.92. The van der Waals surface area contributed by atoms with Crippen LogP contribution in [0.1, 0.15) is 29.5 Å². The first-order valence-electron chi connectivity index (χ1n) is 9.10. The van der Waals surface area contributed by atoms with Crippen molar-refractivity contribution >= 4 is 10.0 Å². The highest BCUT2D eigenvalue weighted by atomic mass is 32.2. The van der Waals surface area contributed by atoms with Crippen LogP contribution >= 0.6 is 0 Å². The third-order valence-corrected chi connectivity index (χ3v) is 6.15. The molecule has 1 aliphatic rings. The summed E-state index contributed by atoms with van der Waals surface area (Å²) < 4.78 is 45.9. The van der Waals surface area contributed by atoms with Gasteiger partial charge in [0.25, 0.3) is 0 Å². The third-order valence-electron chi connectivity index (χ3n) is 4.71. The molecule has 1 unspecified atom stereocenters. The molecule has 3 rings (SSSR count). The maximum absolute atomic E-state index is 13.1. The van der Waals surface area contributed by atoms with Gasteiger partial charge >= 0.3 is 0 Å². The van der Waals surface area contributed by atoms with Crippen molar-refractivity contribution in [3.8, 4) is 0 Å². The topological polar surface area (TPSA) is 67.4 Å². The molecule has 27 heavy (non-hydrogen) atoms. The third kappa shape index (κ3) is 5.59. The molecule has 2 N–H and O–H groups in total. The van der Waals surface area contributed by atoms with Gasteiger partial charge in [-0.2, -0.15) is 0 Å². The lowest BCUT2D eigenvalue weighted by Crippen LogP contribution is -2.31. The summed E-state index contributed by atoms with van der Waals surface area (Å²) in [7, 11) is -3.52. The lowest BCUT2D eigenvalue weighted by atomic mass is 10.1. The second-order valence-corrected chi connectivity index (χ2v) is 8.57. The fraction of sp³-hybridized carbons (Fsp3) is 0.400. The highest BCUT2D eigenvalue weighted by Crippen LogP contribution is 2.14. The molecule has 0 spiro atoms. The van der Waals surface area contributed by atoms with Crippen molar-refractivity contribution in [2.45, 2.75) is 43.9 Å². The fourth-order valence-electron chi connectivity index (χ4n) is 3.08. The maximum atomic E-state index is 13.1. The predicted molar refractivity (Wildman–Crippen MR) is 102 cm³/mol. The van der Waals surface area contributed by atoms with Crippen LogP contribution in [0.3, 0.4) is 0 Å². The van der Waals surface area contributed by atoms with Crippen molar-refractivity contribution in [1.29, 1.82) is 0 Å². The van der Waals surface area contributed by atoms with Gasteiger partial charge in [0, 0.05) is 26.2 Å². The molecule has 0 amide bonds. The van der Waals surface area contributed by atoms with E-state index in [1.807, 2.05) is 6.92 Å². The Hall–Kier alpha value is -1.80. The van der Waals surface area contributed by atoms with E-state index >= 15 is 0 Å². The second-order valence-electron chi connectivity index (χ2n) is 6.81. The Morgan fingerprint density at radius 3 is 2.59 bits per heavy atom. The molecule has 0 saturated carbocycles. The molecule has 1 atom stereocenters. The summed E-state index contributed by atoms with van der Waals surface area (Å²) in [6.07, 6.45) is 1.84. The van der Waals surface area contributed by atoms with Gasteiger partial charge in [0.2, 0.25) is 10.0 Å². The van der Waals surface area contributed by atoms with Crippen molar-refractivity contribution < 1.29 is 17.5 Å². The lowest BCUT2D eigenvalue weighted by molar-refractivity contribution is 0.114. The number of benzene rings is 2. The average Bonchev–Trinajstić information content (AvgIpc) is 3.16. The average molecular weight is 392 g/mol. The minimum Gasteiger partial charge on any atom is -0.377 e.